The molecule has 0 aromatic carbocycles. The van der Waals surface area contributed by atoms with Gasteiger partial charge in [-0.1, -0.05) is 25.7 Å². The van der Waals surface area contributed by atoms with Gasteiger partial charge < -0.3 is 4.57 Å². The summed E-state index contributed by atoms with van der Waals surface area (Å²) in [4.78, 5) is 4.14. The lowest BCUT2D eigenvalue weighted by Crippen LogP contribution is -2.28. The van der Waals surface area contributed by atoms with Crippen molar-refractivity contribution < 1.29 is 0 Å². The van der Waals surface area contributed by atoms with E-state index in [2.05, 4.69) is 22.7 Å². The lowest BCUT2D eigenvalue weighted by molar-refractivity contribution is 0.275. The van der Waals surface area contributed by atoms with Gasteiger partial charge in [0.2, 0.25) is 0 Å². The molecule has 72 valence electrons. The van der Waals surface area contributed by atoms with Crippen molar-refractivity contribution in [3.63, 3.8) is 0 Å². The zero-order chi connectivity index (χ0) is 9.15. The monoisotopic (exact) mass is 178 g/mol. The Hall–Kier alpha value is -0.790. The fourth-order valence-corrected chi connectivity index (χ4v) is 2.33. The summed E-state index contributed by atoms with van der Waals surface area (Å²) < 4.78 is 2.29. The second-order valence-electron chi connectivity index (χ2n) is 4.38. The summed E-state index contributed by atoms with van der Waals surface area (Å²) in [5, 5.41) is 0. The molecule has 13 heavy (non-hydrogen) atoms. The topological polar surface area (TPSA) is 17.8 Å². The standard InChI is InChI=1S/C11H18N2/c1-11(13-9-8-12-10-13)6-4-2-3-5-7-11/h8-10H,2-7H2,1H3. The molecule has 0 unspecified atom stereocenters. The summed E-state index contributed by atoms with van der Waals surface area (Å²) in [5.74, 6) is 0. The fourth-order valence-electron chi connectivity index (χ4n) is 2.33. The molecule has 0 amide bonds. The van der Waals surface area contributed by atoms with Gasteiger partial charge in [0.1, 0.15) is 0 Å². The molecule has 0 radical (unpaired) electrons. The maximum atomic E-state index is 4.14. The number of nitrogens with zero attached hydrogens (tertiary/aromatic N) is 2. The predicted octanol–water partition coefficient (Wildman–Crippen LogP) is 2.95. The molecule has 0 bridgehead atoms. The van der Waals surface area contributed by atoms with Gasteiger partial charge in [-0.25, -0.2) is 4.98 Å². The van der Waals surface area contributed by atoms with Gasteiger partial charge in [0, 0.05) is 17.9 Å². The Morgan fingerprint density at radius 2 is 1.85 bits per heavy atom. The molecule has 0 spiro atoms. The van der Waals surface area contributed by atoms with Gasteiger partial charge in [0.15, 0.2) is 0 Å². The lowest BCUT2D eigenvalue weighted by Gasteiger charge is -2.29. The smallest absolute Gasteiger partial charge is 0.0951 e. The van der Waals surface area contributed by atoms with Gasteiger partial charge in [-0.15, -0.1) is 0 Å². The molecule has 1 aromatic heterocycles. The molecule has 2 heteroatoms. The predicted molar refractivity (Wildman–Crippen MR) is 53.6 cm³/mol. The number of hydrogen-bond donors (Lipinski definition) is 0. The van der Waals surface area contributed by atoms with Crippen LogP contribution in [0.1, 0.15) is 45.4 Å². The van der Waals surface area contributed by atoms with E-state index in [1.165, 1.54) is 38.5 Å². The summed E-state index contributed by atoms with van der Waals surface area (Å²) in [5.41, 5.74) is 0.340. The molecule has 0 aliphatic heterocycles. The van der Waals surface area contributed by atoms with Crippen molar-refractivity contribution in [2.75, 3.05) is 0 Å². The Kier molecular flexibility index (Phi) is 2.38. The zero-order valence-electron chi connectivity index (χ0n) is 8.37. The van der Waals surface area contributed by atoms with E-state index in [1.54, 1.807) is 0 Å². The van der Waals surface area contributed by atoms with Gasteiger partial charge in [-0.05, 0) is 19.8 Å². The summed E-state index contributed by atoms with van der Waals surface area (Å²) in [6.07, 6.45) is 14.1. The first-order valence-electron chi connectivity index (χ1n) is 5.30. The van der Waals surface area contributed by atoms with Crippen molar-refractivity contribution in [2.24, 2.45) is 0 Å². The van der Waals surface area contributed by atoms with Crippen molar-refractivity contribution in [3.05, 3.63) is 18.7 Å². The van der Waals surface area contributed by atoms with Gasteiger partial charge in [-0.2, -0.15) is 0 Å². The minimum Gasteiger partial charge on any atom is -0.332 e. The Morgan fingerprint density at radius 3 is 2.38 bits per heavy atom. The van der Waals surface area contributed by atoms with Crippen LogP contribution in [0.25, 0.3) is 0 Å². The van der Waals surface area contributed by atoms with Crippen LogP contribution in [-0.4, -0.2) is 9.55 Å². The van der Waals surface area contributed by atoms with E-state index in [0.717, 1.165) is 0 Å². The molecular weight excluding hydrogens is 160 g/mol. The van der Waals surface area contributed by atoms with Crippen LogP contribution in [0.5, 0.6) is 0 Å². The third kappa shape index (κ3) is 1.77. The Morgan fingerprint density at radius 1 is 1.15 bits per heavy atom. The summed E-state index contributed by atoms with van der Waals surface area (Å²) in [6, 6.07) is 0. The molecule has 1 heterocycles. The number of hydrogen-bond acceptors (Lipinski definition) is 1. The van der Waals surface area contributed by atoms with Gasteiger partial charge in [-0.3, -0.25) is 0 Å². The first-order valence-corrected chi connectivity index (χ1v) is 5.30. The van der Waals surface area contributed by atoms with Crippen molar-refractivity contribution in [3.8, 4) is 0 Å². The van der Waals surface area contributed by atoms with Crippen LogP contribution in [0.3, 0.4) is 0 Å². The highest BCUT2D eigenvalue weighted by Crippen LogP contribution is 2.32. The minimum atomic E-state index is 0.340. The van der Waals surface area contributed by atoms with Crippen molar-refractivity contribution in [1.29, 1.82) is 0 Å². The third-order valence-corrected chi connectivity index (χ3v) is 3.31. The van der Waals surface area contributed by atoms with E-state index < -0.39 is 0 Å². The summed E-state index contributed by atoms with van der Waals surface area (Å²) in [7, 11) is 0. The van der Waals surface area contributed by atoms with E-state index in [0.29, 0.717) is 5.54 Å². The van der Waals surface area contributed by atoms with E-state index in [-0.39, 0.29) is 0 Å². The second kappa shape index (κ2) is 3.52. The number of aromatic nitrogens is 2. The summed E-state index contributed by atoms with van der Waals surface area (Å²) >= 11 is 0. The summed E-state index contributed by atoms with van der Waals surface area (Å²) in [6.45, 7) is 2.36. The van der Waals surface area contributed by atoms with Crippen LogP contribution in [0, 0.1) is 0 Å². The molecule has 1 aromatic rings. The molecule has 0 saturated heterocycles. The fraction of sp³-hybridized carbons (Fsp3) is 0.727. The lowest BCUT2D eigenvalue weighted by atomic mass is 9.92. The quantitative estimate of drug-likeness (QED) is 0.604. The van der Waals surface area contributed by atoms with Crippen molar-refractivity contribution in [2.45, 2.75) is 51.0 Å². The molecule has 2 nitrogen and oxygen atoms in total. The average molecular weight is 178 g/mol. The Labute approximate surface area is 80.0 Å². The van der Waals surface area contributed by atoms with Crippen LogP contribution >= 0.6 is 0 Å². The average Bonchev–Trinajstić information content (AvgIpc) is 2.57. The first kappa shape index (κ1) is 8.79. The van der Waals surface area contributed by atoms with E-state index in [9.17, 15) is 0 Å². The molecule has 1 saturated carbocycles. The van der Waals surface area contributed by atoms with Gasteiger partial charge in [0.25, 0.3) is 0 Å². The highest BCUT2D eigenvalue weighted by Gasteiger charge is 2.26. The first-order chi connectivity index (χ1) is 6.31. The van der Waals surface area contributed by atoms with Gasteiger partial charge in [0.05, 0.1) is 6.33 Å². The maximum Gasteiger partial charge on any atom is 0.0951 e. The van der Waals surface area contributed by atoms with Crippen molar-refractivity contribution in [1.82, 2.24) is 9.55 Å². The molecular formula is C11H18N2. The van der Waals surface area contributed by atoms with Crippen LogP contribution in [0.4, 0.5) is 0 Å². The highest BCUT2D eigenvalue weighted by atomic mass is 15.1. The maximum absolute atomic E-state index is 4.14. The molecule has 1 fully saturated rings. The second-order valence-corrected chi connectivity index (χ2v) is 4.38. The number of imidazole rings is 1. The third-order valence-electron chi connectivity index (χ3n) is 3.31. The van der Waals surface area contributed by atoms with Crippen LogP contribution in [0.2, 0.25) is 0 Å². The van der Waals surface area contributed by atoms with Gasteiger partial charge >= 0.3 is 0 Å². The number of rotatable bonds is 1. The zero-order valence-corrected chi connectivity index (χ0v) is 8.37. The van der Waals surface area contributed by atoms with Crippen LogP contribution < -0.4 is 0 Å². The minimum absolute atomic E-state index is 0.340. The molecule has 0 atom stereocenters. The van der Waals surface area contributed by atoms with Crippen molar-refractivity contribution >= 4 is 0 Å². The molecule has 1 aliphatic carbocycles. The van der Waals surface area contributed by atoms with E-state index in [1.807, 2.05) is 12.5 Å². The molecule has 0 N–H and O–H groups in total. The van der Waals surface area contributed by atoms with Crippen LogP contribution in [0.15, 0.2) is 18.7 Å². The van der Waals surface area contributed by atoms with E-state index in [4.69, 9.17) is 0 Å². The Balaban J connectivity index is 2.17. The Bertz CT molecular complexity index is 243. The normalized spacial score (nSPS) is 22.5. The SMILES string of the molecule is CC1(n2ccnc2)CCCCCC1. The van der Waals surface area contributed by atoms with E-state index >= 15 is 0 Å². The highest BCUT2D eigenvalue weighted by molar-refractivity contribution is 4.89. The largest absolute Gasteiger partial charge is 0.332 e. The molecule has 1 aliphatic rings. The van der Waals surface area contributed by atoms with Crippen LogP contribution in [-0.2, 0) is 5.54 Å². The molecule has 2 rings (SSSR count).